The molecule has 0 unspecified atom stereocenters. The lowest BCUT2D eigenvalue weighted by Crippen LogP contribution is -2.40. The SMILES string of the molecule is COc1ccc(S(=O)(=O)N2CCOCC2)cc1C#N. The third kappa shape index (κ3) is 2.71. The van der Waals surface area contributed by atoms with Crippen molar-refractivity contribution >= 4 is 10.0 Å². The Kier molecular flexibility index (Phi) is 4.04. The average molecular weight is 282 g/mol. The van der Waals surface area contributed by atoms with Crippen LogP contribution >= 0.6 is 0 Å². The molecule has 2 rings (SSSR count). The number of nitrogens with zero attached hydrogens (tertiary/aromatic N) is 2. The largest absolute Gasteiger partial charge is 0.495 e. The Labute approximate surface area is 112 Å². The van der Waals surface area contributed by atoms with Crippen molar-refractivity contribution in [2.24, 2.45) is 0 Å². The third-order valence-corrected chi connectivity index (χ3v) is 4.79. The fourth-order valence-electron chi connectivity index (χ4n) is 1.87. The lowest BCUT2D eigenvalue weighted by atomic mass is 10.2. The monoisotopic (exact) mass is 282 g/mol. The fraction of sp³-hybridized carbons (Fsp3) is 0.417. The molecule has 0 radical (unpaired) electrons. The molecule has 0 N–H and O–H groups in total. The number of rotatable bonds is 3. The Morgan fingerprint density at radius 2 is 2.05 bits per heavy atom. The summed E-state index contributed by atoms with van der Waals surface area (Å²) in [7, 11) is -2.14. The first-order valence-electron chi connectivity index (χ1n) is 5.75. The molecule has 19 heavy (non-hydrogen) atoms. The quantitative estimate of drug-likeness (QED) is 0.810. The van der Waals surface area contributed by atoms with E-state index in [2.05, 4.69) is 0 Å². The molecule has 0 aliphatic carbocycles. The summed E-state index contributed by atoms with van der Waals surface area (Å²) in [4.78, 5) is 0.103. The Balaban J connectivity index is 2.38. The second-order valence-electron chi connectivity index (χ2n) is 3.99. The Hall–Kier alpha value is -1.62. The van der Waals surface area contributed by atoms with Crippen LogP contribution in [0.4, 0.5) is 0 Å². The average Bonchev–Trinajstić information content (AvgIpc) is 2.47. The van der Waals surface area contributed by atoms with Crippen LogP contribution in [0.1, 0.15) is 5.56 Å². The second kappa shape index (κ2) is 5.57. The molecular weight excluding hydrogens is 268 g/mol. The fourth-order valence-corrected chi connectivity index (χ4v) is 3.31. The summed E-state index contributed by atoms with van der Waals surface area (Å²) in [5.74, 6) is 0.364. The van der Waals surface area contributed by atoms with E-state index >= 15 is 0 Å². The van der Waals surface area contributed by atoms with Gasteiger partial charge in [-0.15, -0.1) is 0 Å². The van der Waals surface area contributed by atoms with Crippen molar-refractivity contribution in [1.82, 2.24) is 4.31 Å². The first-order valence-corrected chi connectivity index (χ1v) is 7.19. The predicted octanol–water partition coefficient (Wildman–Crippen LogP) is 0.588. The van der Waals surface area contributed by atoms with Gasteiger partial charge in [0.25, 0.3) is 0 Å². The maximum atomic E-state index is 12.4. The molecule has 0 aromatic heterocycles. The lowest BCUT2D eigenvalue weighted by Gasteiger charge is -2.26. The van der Waals surface area contributed by atoms with Gasteiger partial charge in [-0.05, 0) is 18.2 Å². The molecule has 7 heteroatoms. The van der Waals surface area contributed by atoms with Gasteiger partial charge in [0.15, 0.2) is 0 Å². The van der Waals surface area contributed by atoms with Crippen molar-refractivity contribution in [1.29, 1.82) is 5.26 Å². The molecule has 6 nitrogen and oxygen atoms in total. The van der Waals surface area contributed by atoms with Crippen LogP contribution < -0.4 is 4.74 Å². The first kappa shape index (κ1) is 13.8. The van der Waals surface area contributed by atoms with Crippen molar-refractivity contribution in [3.8, 4) is 11.8 Å². The van der Waals surface area contributed by atoms with E-state index in [4.69, 9.17) is 14.7 Å². The highest BCUT2D eigenvalue weighted by molar-refractivity contribution is 7.89. The van der Waals surface area contributed by atoms with Crippen LogP contribution in [-0.2, 0) is 14.8 Å². The van der Waals surface area contributed by atoms with Crippen LogP contribution in [0.15, 0.2) is 23.1 Å². The number of nitriles is 1. The second-order valence-corrected chi connectivity index (χ2v) is 5.93. The highest BCUT2D eigenvalue weighted by Gasteiger charge is 2.26. The van der Waals surface area contributed by atoms with Gasteiger partial charge in [-0.3, -0.25) is 0 Å². The first-order chi connectivity index (χ1) is 9.09. The molecular formula is C12H14N2O4S. The predicted molar refractivity (Wildman–Crippen MR) is 67.3 cm³/mol. The summed E-state index contributed by atoms with van der Waals surface area (Å²) in [5.41, 5.74) is 0.205. The Morgan fingerprint density at radius 1 is 1.37 bits per heavy atom. The van der Waals surface area contributed by atoms with Gasteiger partial charge in [0.1, 0.15) is 11.8 Å². The number of methoxy groups -OCH3 is 1. The number of ether oxygens (including phenoxy) is 2. The minimum Gasteiger partial charge on any atom is -0.495 e. The molecule has 0 bridgehead atoms. The summed E-state index contributed by atoms with van der Waals surface area (Å²) < 4.78 is 36.2. The zero-order valence-electron chi connectivity index (χ0n) is 10.5. The van der Waals surface area contributed by atoms with Gasteiger partial charge in [0.2, 0.25) is 10.0 Å². The van der Waals surface area contributed by atoms with E-state index in [-0.39, 0.29) is 10.5 Å². The molecule has 0 atom stereocenters. The Bertz CT molecular complexity index is 601. The van der Waals surface area contributed by atoms with Gasteiger partial charge in [0.05, 0.1) is 30.8 Å². The van der Waals surface area contributed by atoms with Crippen LogP contribution in [0.2, 0.25) is 0 Å². The topological polar surface area (TPSA) is 79.6 Å². The van der Waals surface area contributed by atoms with Gasteiger partial charge in [-0.1, -0.05) is 0 Å². The molecule has 102 valence electrons. The van der Waals surface area contributed by atoms with E-state index in [1.807, 2.05) is 6.07 Å². The smallest absolute Gasteiger partial charge is 0.243 e. The van der Waals surface area contributed by atoms with E-state index < -0.39 is 10.0 Å². The zero-order valence-corrected chi connectivity index (χ0v) is 11.3. The third-order valence-electron chi connectivity index (χ3n) is 2.90. The normalized spacial score (nSPS) is 16.8. The van der Waals surface area contributed by atoms with Crippen molar-refractivity contribution < 1.29 is 17.9 Å². The standard InChI is InChI=1S/C12H14N2O4S/c1-17-12-3-2-11(8-10(12)9-13)19(15,16)14-4-6-18-7-5-14/h2-3,8H,4-7H2,1H3. The summed E-state index contributed by atoms with van der Waals surface area (Å²) in [6.07, 6.45) is 0. The number of morpholine rings is 1. The minimum atomic E-state index is -3.57. The maximum absolute atomic E-state index is 12.4. The summed E-state index contributed by atoms with van der Waals surface area (Å²) in [6, 6.07) is 6.21. The number of hydrogen-bond acceptors (Lipinski definition) is 5. The molecule has 0 saturated carbocycles. The zero-order chi connectivity index (χ0) is 13.9. The summed E-state index contributed by atoms with van der Waals surface area (Å²) >= 11 is 0. The van der Waals surface area contributed by atoms with E-state index in [9.17, 15) is 8.42 Å². The molecule has 1 aliphatic heterocycles. The summed E-state index contributed by atoms with van der Waals surface area (Å²) in [6.45, 7) is 1.44. The van der Waals surface area contributed by atoms with Crippen molar-refractivity contribution in [3.63, 3.8) is 0 Å². The van der Waals surface area contributed by atoms with Gasteiger partial charge in [-0.25, -0.2) is 8.42 Å². The highest BCUT2D eigenvalue weighted by Crippen LogP contribution is 2.24. The lowest BCUT2D eigenvalue weighted by molar-refractivity contribution is 0.0730. The Morgan fingerprint density at radius 3 is 2.63 bits per heavy atom. The molecule has 0 spiro atoms. The number of benzene rings is 1. The van der Waals surface area contributed by atoms with Gasteiger partial charge in [-0.2, -0.15) is 9.57 Å². The molecule has 0 amide bonds. The van der Waals surface area contributed by atoms with Gasteiger partial charge >= 0.3 is 0 Å². The van der Waals surface area contributed by atoms with Crippen molar-refractivity contribution in [2.75, 3.05) is 33.4 Å². The van der Waals surface area contributed by atoms with Crippen molar-refractivity contribution in [2.45, 2.75) is 4.90 Å². The van der Waals surface area contributed by atoms with E-state index in [0.717, 1.165) is 0 Å². The van der Waals surface area contributed by atoms with Gasteiger partial charge < -0.3 is 9.47 Å². The number of sulfonamides is 1. The molecule has 1 aliphatic rings. The van der Waals surface area contributed by atoms with Crippen LogP contribution in [0, 0.1) is 11.3 Å². The van der Waals surface area contributed by atoms with Crippen molar-refractivity contribution in [3.05, 3.63) is 23.8 Å². The highest BCUT2D eigenvalue weighted by atomic mass is 32.2. The van der Waals surface area contributed by atoms with Crippen LogP contribution in [0.25, 0.3) is 0 Å². The van der Waals surface area contributed by atoms with E-state index in [1.165, 1.54) is 29.6 Å². The summed E-state index contributed by atoms with van der Waals surface area (Å²) in [5, 5.41) is 8.99. The number of hydrogen-bond donors (Lipinski definition) is 0. The van der Waals surface area contributed by atoms with E-state index in [0.29, 0.717) is 32.1 Å². The molecule has 1 saturated heterocycles. The van der Waals surface area contributed by atoms with Crippen LogP contribution in [0.5, 0.6) is 5.75 Å². The molecule has 1 fully saturated rings. The van der Waals surface area contributed by atoms with Crippen LogP contribution in [0.3, 0.4) is 0 Å². The van der Waals surface area contributed by atoms with Gasteiger partial charge in [0, 0.05) is 13.1 Å². The maximum Gasteiger partial charge on any atom is 0.243 e. The van der Waals surface area contributed by atoms with E-state index in [1.54, 1.807) is 0 Å². The molecule has 1 heterocycles. The minimum absolute atomic E-state index is 0.103. The van der Waals surface area contributed by atoms with Crippen LogP contribution in [-0.4, -0.2) is 46.1 Å². The molecule has 1 aromatic carbocycles. The molecule has 1 aromatic rings.